The fourth-order valence-corrected chi connectivity index (χ4v) is 4.92. The van der Waals surface area contributed by atoms with Crippen LogP contribution in [-0.4, -0.2) is 77.1 Å². The number of morpholine rings is 1. The van der Waals surface area contributed by atoms with E-state index in [9.17, 15) is 14.0 Å². The summed E-state index contributed by atoms with van der Waals surface area (Å²) in [5, 5.41) is 5.51. The van der Waals surface area contributed by atoms with Gasteiger partial charge in [-0.25, -0.2) is 9.37 Å². The van der Waals surface area contributed by atoms with Crippen LogP contribution in [0.5, 0.6) is 0 Å². The topological polar surface area (TPSA) is 79.7 Å². The highest BCUT2D eigenvalue weighted by atomic mass is 32.1. The zero-order chi connectivity index (χ0) is 25.3. The molecule has 2 aromatic heterocycles. The van der Waals surface area contributed by atoms with Crippen LogP contribution in [0.3, 0.4) is 0 Å². The van der Waals surface area contributed by atoms with Crippen molar-refractivity contribution in [1.82, 2.24) is 24.7 Å². The third-order valence-corrected chi connectivity index (χ3v) is 6.90. The molecule has 1 N–H and O–H groups in total. The number of carbonyl (C=O) groups excluding carboxylic acids is 2. The van der Waals surface area contributed by atoms with Crippen LogP contribution >= 0.6 is 11.3 Å². The van der Waals surface area contributed by atoms with Crippen LogP contribution in [0.2, 0.25) is 0 Å². The lowest BCUT2D eigenvalue weighted by molar-refractivity contribution is 0.0383. The smallest absolute Gasteiger partial charge is 0.270 e. The number of thiazole rings is 1. The number of aromatic nitrogens is 2. The Morgan fingerprint density at radius 3 is 2.78 bits per heavy atom. The van der Waals surface area contributed by atoms with Crippen LogP contribution < -0.4 is 5.32 Å². The molecular formula is C26H32FN5O3S. The Morgan fingerprint density at radius 1 is 1.19 bits per heavy atom. The highest BCUT2D eigenvalue weighted by Gasteiger charge is 2.20. The molecule has 0 saturated carbocycles. The molecule has 36 heavy (non-hydrogen) atoms. The summed E-state index contributed by atoms with van der Waals surface area (Å²) in [6, 6.07) is 9.93. The Bertz CT molecular complexity index is 1160. The van der Waals surface area contributed by atoms with Gasteiger partial charge in [0.05, 0.1) is 31.9 Å². The summed E-state index contributed by atoms with van der Waals surface area (Å²) >= 11 is 1.43. The standard InChI is InChI=1S/C26H32FN5O3S/c1-2-10-32(26(34)21-7-3-4-8-22(21)27)17-20-6-5-11-31(20)18-24-29-23(19-36-24)25(33)28-9-12-30-13-15-35-16-14-30/h3-8,11,19H,2,9-10,12-18H2,1H3,(H,28,33). The minimum Gasteiger partial charge on any atom is -0.379 e. The average Bonchev–Trinajstić information content (AvgIpc) is 3.54. The summed E-state index contributed by atoms with van der Waals surface area (Å²) in [4.78, 5) is 34.0. The molecule has 3 heterocycles. The van der Waals surface area contributed by atoms with Gasteiger partial charge in [-0.15, -0.1) is 11.3 Å². The Morgan fingerprint density at radius 2 is 2.00 bits per heavy atom. The molecule has 8 nitrogen and oxygen atoms in total. The zero-order valence-electron chi connectivity index (χ0n) is 20.5. The summed E-state index contributed by atoms with van der Waals surface area (Å²) in [5.41, 5.74) is 1.40. The molecule has 1 fully saturated rings. The van der Waals surface area contributed by atoms with Gasteiger partial charge in [0.2, 0.25) is 0 Å². The quantitative estimate of drug-likeness (QED) is 0.426. The van der Waals surface area contributed by atoms with E-state index < -0.39 is 5.82 Å². The molecule has 192 valence electrons. The second-order valence-electron chi connectivity index (χ2n) is 8.67. The number of nitrogens with zero attached hydrogens (tertiary/aromatic N) is 4. The van der Waals surface area contributed by atoms with Gasteiger partial charge in [-0.1, -0.05) is 19.1 Å². The van der Waals surface area contributed by atoms with Crippen LogP contribution in [0.25, 0.3) is 0 Å². The molecule has 10 heteroatoms. The van der Waals surface area contributed by atoms with Gasteiger partial charge in [-0.2, -0.15) is 0 Å². The minimum atomic E-state index is -0.516. The van der Waals surface area contributed by atoms with Crippen molar-refractivity contribution in [2.75, 3.05) is 45.9 Å². The number of ether oxygens (including phenoxy) is 1. The fourth-order valence-electron chi connectivity index (χ4n) is 4.15. The third kappa shape index (κ3) is 6.77. The predicted octanol–water partition coefficient (Wildman–Crippen LogP) is 3.25. The maximum Gasteiger partial charge on any atom is 0.270 e. The van der Waals surface area contributed by atoms with Crippen molar-refractivity contribution >= 4 is 23.2 Å². The van der Waals surface area contributed by atoms with E-state index in [0.29, 0.717) is 31.9 Å². The van der Waals surface area contributed by atoms with E-state index in [2.05, 4.69) is 15.2 Å². The lowest BCUT2D eigenvalue weighted by Gasteiger charge is -2.26. The monoisotopic (exact) mass is 513 g/mol. The fraction of sp³-hybridized carbons (Fsp3) is 0.423. The molecule has 1 aliphatic rings. The second kappa shape index (κ2) is 12.8. The van der Waals surface area contributed by atoms with Crippen LogP contribution in [0.1, 0.15) is 44.9 Å². The first-order valence-corrected chi connectivity index (χ1v) is 13.1. The van der Waals surface area contributed by atoms with E-state index >= 15 is 0 Å². The highest BCUT2D eigenvalue weighted by Crippen LogP contribution is 2.17. The molecule has 4 rings (SSSR count). The lowest BCUT2D eigenvalue weighted by atomic mass is 10.1. The number of hydrogen-bond donors (Lipinski definition) is 1. The molecule has 0 spiro atoms. The van der Waals surface area contributed by atoms with Crippen LogP contribution in [0, 0.1) is 5.82 Å². The number of hydrogen-bond acceptors (Lipinski definition) is 6. The van der Waals surface area contributed by atoms with E-state index in [0.717, 1.165) is 50.0 Å². The first kappa shape index (κ1) is 26.0. The predicted molar refractivity (Wildman–Crippen MR) is 137 cm³/mol. The minimum absolute atomic E-state index is 0.0771. The van der Waals surface area contributed by atoms with Crippen molar-refractivity contribution < 1.29 is 18.7 Å². The molecule has 0 atom stereocenters. The van der Waals surface area contributed by atoms with Crippen molar-refractivity contribution in [3.05, 3.63) is 75.8 Å². The number of amides is 2. The zero-order valence-corrected chi connectivity index (χ0v) is 21.3. The molecule has 3 aromatic rings. The number of benzene rings is 1. The van der Waals surface area contributed by atoms with E-state index in [1.807, 2.05) is 29.8 Å². The van der Waals surface area contributed by atoms with Crippen molar-refractivity contribution in [3.8, 4) is 0 Å². The largest absolute Gasteiger partial charge is 0.379 e. The Balaban J connectivity index is 1.35. The number of nitrogens with one attached hydrogen (secondary N) is 1. The molecule has 0 bridgehead atoms. The summed E-state index contributed by atoms with van der Waals surface area (Å²) in [5.74, 6) is -1.02. The maximum absolute atomic E-state index is 14.2. The molecule has 1 aromatic carbocycles. The SMILES string of the molecule is CCCN(Cc1cccn1Cc1nc(C(=O)NCCN2CCOCC2)cs1)C(=O)c1ccccc1F. The van der Waals surface area contributed by atoms with E-state index in [1.165, 1.54) is 23.5 Å². The van der Waals surface area contributed by atoms with Gasteiger partial charge in [-0.3, -0.25) is 14.5 Å². The van der Waals surface area contributed by atoms with Gasteiger partial charge >= 0.3 is 0 Å². The van der Waals surface area contributed by atoms with Crippen molar-refractivity contribution in [2.24, 2.45) is 0 Å². The molecule has 1 aliphatic heterocycles. The third-order valence-electron chi connectivity index (χ3n) is 6.07. The molecule has 2 amide bonds. The molecule has 0 unspecified atom stereocenters. The summed E-state index contributed by atoms with van der Waals surface area (Å²) in [7, 11) is 0. The number of carbonyl (C=O) groups is 2. The maximum atomic E-state index is 14.2. The van der Waals surface area contributed by atoms with Gasteiger partial charge in [-0.05, 0) is 30.7 Å². The van der Waals surface area contributed by atoms with Gasteiger partial charge in [0.1, 0.15) is 16.5 Å². The Labute approximate surface area is 214 Å². The van der Waals surface area contributed by atoms with Crippen molar-refractivity contribution in [3.63, 3.8) is 0 Å². The molecule has 1 saturated heterocycles. The highest BCUT2D eigenvalue weighted by molar-refractivity contribution is 7.09. The van der Waals surface area contributed by atoms with Crippen LogP contribution in [0.4, 0.5) is 4.39 Å². The van der Waals surface area contributed by atoms with Crippen LogP contribution in [-0.2, 0) is 17.8 Å². The van der Waals surface area contributed by atoms with Crippen molar-refractivity contribution in [1.29, 1.82) is 0 Å². The van der Waals surface area contributed by atoms with Gasteiger partial charge < -0.3 is 19.5 Å². The Hall–Kier alpha value is -3.08. The van der Waals surface area contributed by atoms with Gasteiger partial charge in [0.15, 0.2) is 0 Å². The summed E-state index contributed by atoms with van der Waals surface area (Å²) in [6.07, 6.45) is 2.69. The number of halogens is 1. The average molecular weight is 514 g/mol. The summed E-state index contributed by atoms with van der Waals surface area (Å²) in [6.45, 7) is 7.95. The first-order chi connectivity index (χ1) is 17.5. The summed E-state index contributed by atoms with van der Waals surface area (Å²) < 4.78 is 21.6. The second-order valence-corrected chi connectivity index (χ2v) is 9.61. The van der Waals surface area contributed by atoms with E-state index in [1.54, 1.807) is 22.4 Å². The normalized spacial score (nSPS) is 14.1. The molecule has 0 radical (unpaired) electrons. The van der Waals surface area contributed by atoms with E-state index in [4.69, 9.17) is 4.74 Å². The van der Waals surface area contributed by atoms with Crippen LogP contribution in [0.15, 0.2) is 48.0 Å². The van der Waals surface area contributed by atoms with Gasteiger partial charge in [0, 0.05) is 50.0 Å². The van der Waals surface area contributed by atoms with Crippen molar-refractivity contribution in [2.45, 2.75) is 26.4 Å². The van der Waals surface area contributed by atoms with Gasteiger partial charge in [0.25, 0.3) is 11.8 Å². The number of rotatable bonds is 11. The molecular weight excluding hydrogens is 481 g/mol. The lowest BCUT2D eigenvalue weighted by Crippen LogP contribution is -2.41. The van der Waals surface area contributed by atoms with E-state index in [-0.39, 0.29) is 17.4 Å². The molecule has 0 aliphatic carbocycles. The Kier molecular flexibility index (Phi) is 9.21. The first-order valence-electron chi connectivity index (χ1n) is 12.3.